The topological polar surface area (TPSA) is 68.3 Å². The second kappa shape index (κ2) is 6.32. The lowest BCUT2D eigenvalue weighted by molar-refractivity contribution is 0.105. The molecule has 0 unspecified atom stereocenters. The van der Waals surface area contributed by atoms with Crippen LogP contribution >= 0.6 is 0 Å². The number of pyridine rings is 1. The van der Waals surface area contributed by atoms with E-state index >= 15 is 0 Å². The molecule has 3 rings (SSSR count). The number of nitrogens with zero attached hydrogens (tertiary/aromatic N) is 1. The van der Waals surface area contributed by atoms with Gasteiger partial charge in [-0.1, -0.05) is 12.1 Å². The number of hydrogen-bond donors (Lipinski definition) is 1. The summed E-state index contributed by atoms with van der Waals surface area (Å²) in [5.74, 6) is 0. The van der Waals surface area contributed by atoms with E-state index in [9.17, 15) is 8.42 Å². The highest BCUT2D eigenvalue weighted by Gasteiger charge is 2.20. The summed E-state index contributed by atoms with van der Waals surface area (Å²) in [6, 6.07) is 7.16. The molecule has 118 valence electrons. The van der Waals surface area contributed by atoms with Crippen LogP contribution in [0, 0.1) is 6.92 Å². The van der Waals surface area contributed by atoms with Crippen LogP contribution in [0.15, 0.2) is 35.4 Å². The zero-order valence-electron chi connectivity index (χ0n) is 12.6. The van der Waals surface area contributed by atoms with Crippen LogP contribution in [0.5, 0.6) is 0 Å². The summed E-state index contributed by atoms with van der Waals surface area (Å²) < 4.78 is 33.2. The van der Waals surface area contributed by atoms with E-state index in [1.165, 1.54) is 0 Å². The van der Waals surface area contributed by atoms with Crippen molar-refractivity contribution in [2.24, 2.45) is 0 Å². The second-order valence-corrected chi connectivity index (χ2v) is 7.40. The van der Waals surface area contributed by atoms with Gasteiger partial charge >= 0.3 is 0 Å². The molecule has 22 heavy (non-hydrogen) atoms. The Morgan fingerprint density at radius 2 is 2.27 bits per heavy atom. The summed E-state index contributed by atoms with van der Waals surface area (Å²) in [6.45, 7) is 3.10. The maximum Gasteiger partial charge on any atom is 0.242 e. The Bertz CT molecular complexity index is 768. The van der Waals surface area contributed by atoms with Crippen LogP contribution < -0.4 is 4.72 Å². The van der Waals surface area contributed by atoms with Crippen LogP contribution in [0.3, 0.4) is 0 Å². The molecule has 1 N–H and O–H groups in total. The van der Waals surface area contributed by atoms with Crippen molar-refractivity contribution in [2.45, 2.75) is 37.2 Å². The quantitative estimate of drug-likeness (QED) is 0.918. The Balaban J connectivity index is 1.79. The van der Waals surface area contributed by atoms with Crippen LogP contribution in [-0.4, -0.2) is 32.7 Å². The molecule has 1 aliphatic heterocycles. The molecule has 1 aromatic heterocycles. The van der Waals surface area contributed by atoms with Crippen molar-refractivity contribution in [1.82, 2.24) is 9.71 Å². The molecule has 2 aromatic rings. The molecule has 0 aliphatic carbocycles. The van der Waals surface area contributed by atoms with Crippen LogP contribution in [-0.2, 0) is 14.8 Å². The predicted molar refractivity (Wildman–Crippen MR) is 85.3 cm³/mol. The highest BCUT2D eigenvalue weighted by molar-refractivity contribution is 7.89. The molecular formula is C16H20N2O3S. The van der Waals surface area contributed by atoms with E-state index in [1.807, 2.05) is 19.1 Å². The van der Waals surface area contributed by atoms with Gasteiger partial charge in [0.25, 0.3) is 0 Å². The van der Waals surface area contributed by atoms with E-state index in [0.717, 1.165) is 30.4 Å². The minimum absolute atomic E-state index is 0.177. The number of nitrogens with one attached hydrogen (secondary N) is 1. The van der Waals surface area contributed by atoms with E-state index in [2.05, 4.69) is 9.71 Å². The molecule has 1 aliphatic rings. The highest BCUT2D eigenvalue weighted by Crippen LogP contribution is 2.22. The monoisotopic (exact) mass is 320 g/mol. The first-order chi connectivity index (χ1) is 10.6. The lowest BCUT2D eigenvalue weighted by Crippen LogP contribution is -2.27. The molecule has 0 bridgehead atoms. The Kier molecular flexibility index (Phi) is 4.42. The van der Waals surface area contributed by atoms with Crippen molar-refractivity contribution in [1.29, 1.82) is 0 Å². The highest BCUT2D eigenvalue weighted by atomic mass is 32.2. The molecule has 0 spiro atoms. The fraction of sp³-hybridized carbons (Fsp3) is 0.438. The summed E-state index contributed by atoms with van der Waals surface area (Å²) in [5.41, 5.74) is 1.52. The van der Waals surface area contributed by atoms with Crippen molar-refractivity contribution >= 4 is 20.9 Å². The molecular weight excluding hydrogens is 300 g/mol. The van der Waals surface area contributed by atoms with E-state index in [-0.39, 0.29) is 11.0 Å². The van der Waals surface area contributed by atoms with Crippen LogP contribution in [0.2, 0.25) is 0 Å². The van der Waals surface area contributed by atoms with Gasteiger partial charge in [0, 0.05) is 24.7 Å². The third-order valence-corrected chi connectivity index (χ3v) is 5.38. The van der Waals surface area contributed by atoms with Crippen molar-refractivity contribution in [3.63, 3.8) is 0 Å². The van der Waals surface area contributed by atoms with E-state index in [4.69, 9.17) is 4.74 Å². The average molecular weight is 320 g/mol. The van der Waals surface area contributed by atoms with Gasteiger partial charge in [0.05, 0.1) is 11.6 Å². The lowest BCUT2D eigenvalue weighted by Gasteiger charge is -2.12. The maximum atomic E-state index is 12.5. The third-order valence-electron chi connectivity index (χ3n) is 3.88. The number of hydrogen-bond acceptors (Lipinski definition) is 4. The molecule has 0 amide bonds. The Morgan fingerprint density at radius 1 is 1.41 bits per heavy atom. The molecule has 2 heterocycles. The number of rotatable bonds is 5. The van der Waals surface area contributed by atoms with Gasteiger partial charge in [-0.3, -0.25) is 4.98 Å². The van der Waals surface area contributed by atoms with Crippen molar-refractivity contribution < 1.29 is 13.2 Å². The molecule has 1 atom stereocenters. The zero-order valence-corrected chi connectivity index (χ0v) is 13.4. The molecule has 0 saturated carbocycles. The van der Waals surface area contributed by atoms with Crippen molar-refractivity contribution in [2.75, 3.05) is 13.2 Å². The van der Waals surface area contributed by atoms with Gasteiger partial charge in [-0.2, -0.15) is 0 Å². The fourth-order valence-corrected chi connectivity index (χ4v) is 3.99. The first kappa shape index (κ1) is 15.4. The molecule has 6 heteroatoms. The van der Waals surface area contributed by atoms with E-state index in [0.29, 0.717) is 18.5 Å². The van der Waals surface area contributed by atoms with E-state index in [1.54, 1.807) is 18.3 Å². The SMILES string of the molecule is Cc1cnc2c(S(=O)(=O)NCC[C@H]3CCCO3)cccc2c1. The molecule has 1 aromatic carbocycles. The van der Waals surface area contributed by atoms with Crippen molar-refractivity contribution in [3.8, 4) is 0 Å². The Labute approximate surface area is 130 Å². The van der Waals surface area contributed by atoms with Gasteiger partial charge in [0.15, 0.2) is 0 Å². The lowest BCUT2D eigenvalue weighted by atomic mass is 10.2. The summed E-state index contributed by atoms with van der Waals surface area (Å²) in [6.07, 6.45) is 4.64. The molecule has 1 fully saturated rings. The Hall–Kier alpha value is -1.50. The average Bonchev–Trinajstić information content (AvgIpc) is 2.99. The van der Waals surface area contributed by atoms with Gasteiger partial charge in [0.2, 0.25) is 10.0 Å². The zero-order chi connectivity index (χ0) is 15.6. The van der Waals surface area contributed by atoms with Gasteiger partial charge in [0.1, 0.15) is 4.90 Å². The number of para-hydroxylation sites is 1. The number of benzene rings is 1. The smallest absolute Gasteiger partial charge is 0.242 e. The predicted octanol–water partition coefficient (Wildman–Crippen LogP) is 2.39. The number of ether oxygens (including phenoxy) is 1. The normalized spacial score (nSPS) is 18.9. The second-order valence-electron chi connectivity index (χ2n) is 5.66. The van der Waals surface area contributed by atoms with Gasteiger partial charge in [-0.15, -0.1) is 0 Å². The first-order valence-corrected chi connectivity index (χ1v) is 9.01. The summed E-state index contributed by atoms with van der Waals surface area (Å²) in [5, 5.41) is 0.835. The van der Waals surface area contributed by atoms with Gasteiger partial charge in [-0.05, 0) is 43.9 Å². The van der Waals surface area contributed by atoms with Gasteiger partial charge < -0.3 is 4.74 Å². The first-order valence-electron chi connectivity index (χ1n) is 7.53. The summed E-state index contributed by atoms with van der Waals surface area (Å²) in [4.78, 5) is 4.52. The summed E-state index contributed by atoms with van der Waals surface area (Å²) >= 11 is 0. The maximum absolute atomic E-state index is 12.5. The van der Waals surface area contributed by atoms with Crippen LogP contribution in [0.25, 0.3) is 10.9 Å². The molecule has 1 saturated heterocycles. The number of aryl methyl sites for hydroxylation is 1. The Morgan fingerprint density at radius 3 is 3.05 bits per heavy atom. The standard InChI is InChI=1S/C16H20N2O3S/c1-12-10-13-4-2-6-15(16(13)17-11-12)22(19,20)18-8-7-14-5-3-9-21-14/h2,4,6,10-11,14,18H,3,5,7-9H2,1H3/t14-/m1/s1. The number of aromatic nitrogens is 1. The number of sulfonamides is 1. The van der Waals surface area contributed by atoms with Gasteiger partial charge in [-0.25, -0.2) is 13.1 Å². The third kappa shape index (κ3) is 3.29. The largest absolute Gasteiger partial charge is 0.378 e. The summed E-state index contributed by atoms with van der Waals surface area (Å²) in [7, 11) is -3.56. The van der Waals surface area contributed by atoms with E-state index < -0.39 is 10.0 Å². The minimum Gasteiger partial charge on any atom is -0.378 e. The molecule has 5 nitrogen and oxygen atoms in total. The van der Waals surface area contributed by atoms with Crippen molar-refractivity contribution in [3.05, 3.63) is 36.0 Å². The van der Waals surface area contributed by atoms with Crippen LogP contribution in [0.4, 0.5) is 0 Å². The number of fused-ring (bicyclic) bond motifs is 1. The van der Waals surface area contributed by atoms with Crippen LogP contribution in [0.1, 0.15) is 24.8 Å². The minimum atomic E-state index is -3.56. The fourth-order valence-electron chi connectivity index (χ4n) is 2.76. The molecule has 0 radical (unpaired) electrons.